The second-order valence-electron chi connectivity index (χ2n) is 3.76. The molecule has 90 valence electrons. The highest BCUT2D eigenvalue weighted by Gasteiger charge is 2.12. The van der Waals surface area contributed by atoms with Gasteiger partial charge in [-0.1, -0.05) is 33.8 Å². The molecule has 0 aliphatic rings. The first-order chi connectivity index (χ1) is 8.11. The maximum absolute atomic E-state index is 5.77. The summed E-state index contributed by atoms with van der Waals surface area (Å²) in [7, 11) is 1.95. The minimum atomic E-state index is 0.524. The Kier molecular flexibility index (Phi) is 3.91. The molecule has 0 spiro atoms. The average molecular weight is 312 g/mol. The van der Waals surface area contributed by atoms with Crippen molar-refractivity contribution in [1.82, 2.24) is 9.78 Å². The fourth-order valence-corrected chi connectivity index (χ4v) is 3.32. The zero-order valence-electron chi connectivity index (χ0n) is 9.77. The molecule has 0 radical (unpaired) electrons. The average Bonchev–Trinajstić information content (AvgIpc) is 2.53. The Balaban J connectivity index is 2.36. The van der Waals surface area contributed by atoms with Crippen LogP contribution in [0.25, 0.3) is 0 Å². The number of rotatable bonds is 3. The molecule has 0 saturated heterocycles. The highest BCUT2D eigenvalue weighted by atomic mass is 79.9. The fraction of sp³-hybridized carbons (Fsp3) is 0.250. The fourth-order valence-electron chi connectivity index (χ4n) is 1.69. The molecule has 2 N–H and O–H groups in total. The van der Waals surface area contributed by atoms with Gasteiger partial charge in [-0.05, 0) is 25.1 Å². The number of aryl methyl sites for hydroxylation is 2. The molecule has 0 atom stereocenters. The van der Waals surface area contributed by atoms with Gasteiger partial charge < -0.3 is 5.73 Å². The third-order valence-electron chi connectivity index (χ3n) is 2.50. The summed E-state index contributed by atoms with van der Waals surface area (Å²) in [6.07, 6.45) is 0. The lowest BCUT2D eigenvalue weighted by Crippen LogP contribution is -1.99. The lowest BCUT2D eigenvalue weighted by atomic mass is 10.3. The van der Waals surface area contributed by atoms with E-state index in [1.54, 1.807) is 11.8 Å². The second-order valence-corrected chi connectivity index (χ2v) is 5.73. The minimum absolute atomic E-state index is 0.524. The van der Waals surface area contributed by atoms with Gasteiger partial charge in [-0.25, -0.2) is 0 Å². The summed E-state index contributed by atoms with van der Waals surface area (Å²) in [5.74, 6) is 0. The molecule has 0 aliphatic carbocycles. The van der Waals surface area contributed by atoms with Crippen molar-refractivity contribution in [2.24, 2.45) is 12.8 Å². The van der Waals surface area contributed by atoms with Gasteiger partial charge in [-0.3, -0.25) is 4.68 Å². The van der Waals surface area contributed by atoms with E-state index < -0.39 is 0 Å². The first-order valence-corrected chi connectivity index (χ1v) is 6.88. The highest BCUT2D eigenvalue weighted by molar-refractivity contribution is 9.10. The molecule has 0 unspecified atom stereocenters. The van der Waals surface area contributed by atoms with Crippen molar-refractivity contribution in [2.75, 3.05) is 0 Å². The SMILES string of the molecule is Cc1nn(C)c(Sc2cccc(Br)c2)c1CN. The molecule has 1 aromatic heterocycles. The molecule has 2 aromatic rings. The lowest BCUT2D eigenvalue weighted by Gasteiger charge is -2.05. The van der Waals surface area contributed by atoms with Crippen LogP contribution in [0.5, 0.6) is 0 Å². The number of halogens is 1. The second kappa shape index (κ2) is 5.25. The molecule has 2 rings (SSSR count). The van der Waals surface area contributed by atoms with Crippen LogP contribution in [0.3, 0.4) is 0 Å². The number of hydrogen-bond donors (Lipinski definition) is 1. The van der Waals surface area contributed by atoms with Gasteiger partial charge in [0.25, 0.3) is 0 Å². The smallest absolute Gasteiger partial charge is 0.103 e. The third-order valence-corrected chi connectivity index (χ3v) is 4.19. The summed E-state index contributed by atoms with van der Waals surface area (Å²) in [6.45, 7) is 2.52. The van der Waals surface area contributed by atoms with Crippen molar-refractivity contribution in [3.05, 3.63) is 40.0 Å². The van der Waals surface area contributed by atoms with E-state index in [1.165, 1.54) is 4.90 Å². The molecule has 17 heavy (non-hydrogen) atoms. The van der Waals surface area contributed by atoms with Crippen molar-refractivity contribution >= 4 is 27.7 Å². The molecule has 0 aliphatic heterocycles. The van der Waals surface area contributed by atoms with Crippen LogP contribution in [0.4, 0.5) is 0 Å². The molecule has 5 heteroatoms. The van der Waals surface area contributed by atoms with E-state index in [-0.39, 0.29) is 0 Å². The predicted octanol–water partition coefficient (Wildman–Crippen LogP) is 3.10. The van der Waals surface area contributed by atoms with E-state index in [4.69, 9.17) is 5.73 Å². The van der Waals surface area contributed by atoms with E-state index in [0.29, 0.717) is 6.54 Å². The summed E-state index contributed by atoms with van der Waals surface area (Å²) in [5, 5.41) is 5.52. The van der Waals surface area contributed by atoms with Crippen LogP contribution < -0.4 is 5.73 Å². The van der Waals surface area contributed by atoms with E-state index in [2.05, 4.69) is 33.2 Å². The van der Waals surface area contributed by atoms with Gasteiger partial charge in [-0.2, -0.15) is 5.10 Å². The van der Waals surface area contributed by atoms with Crippen molar-refractivity contribution < 1.29 is 0 Å². The van der Waals surface area contributed by atoms with Crippen LogP contribution in [-0.2, 0) is 13.6 Å². The zero-order chi connectivity index (χ0) is 12.4. The molecule has 3 nitrogen and oxygen atoms in total. The molecular formula is C12H14BrN3S. The van der Waals surface area contributed by atoms with Crippen LogP contribution in [0.15, 0.2) is 38.7 Å². The van der Waals surface area contributed by atoms with E-state index in [1.807, 2.05) is 30.8 Å². The highest BCUT2D eigenvalue weighted by Crippen LogP contribution is 2.32. The lowest BCUT2D eigenvalue weighted by molar-refractivity contribution is 0.688. The zero-order valence-corrected chi connectivity index (χ0v) is 12.2. The van der Waals surface area contributed by atoms with Gasteiger partial charge in [0, 0.05) is 28.5 Å². The van der Waals surface area contributed by atoms with Gasteiger partial charge in [0.1, 0.15) is 5.03 Å². The third kappa shape index (κ3) is 2.73. The Hall–Kier alpha value is -0.780. The number of nitrogens with two attached hydrogens (primary N) is 1. The Morgan fingerprint density at radius 3 is 2.88 bits per heavy atom. The molecule has 0 amide bonds. The van der Waals surface area contributed by atoms with Gasteiger partial charge in [0.15, 0.2) is 0 Å². The standard InChI is InChI=1S/C12H14BrN3S/c1-8-11(7-14)12(16(2)15-8)17-10-5-3-4-9(13)6-10/h3-6H,7,14H2,1-2H3. The number of aromatic nitrogens is 2. The number of hydrogen-bond acceptors (Lipinski definition) is 3. The maximum Gasteiger partial charge on any atom is 0.103 e. The van der Waals surface area contributed by atoms with E-state index in [0.717, 1.165) is 20.8 Å². The largest absolute Gasteiger partial charge is 0.326 e. The summed E-state index contributed by atoms with van der Waals surface area (Å²) < 4.78 is 2.97. The molecule has 0 fully saturated rings. The van der Waals surface area contributed by atoms with Crippen LogP contribution in [0.2, 0.25) is 0 Å². The summed E-state index contributed by atoms with van der Waals surface area (Å²) in [5.41, 5.74) is 7.90. The van der Waals surface area contributed by atoms with Gasteiger partial charge >= 0.3 is 0 Å². The molecule has 1 aromatic carbocycles. The Morgan fingerprint density at radius 2 is 2.24 bits per heavy atom. The topological polar surface area (TPSA) is 43.8 Å². The molecular weight excluding hydrogens is 298 g/mol. The van der Waals surface area contributed by atoms with E-state index in [9.17, 15) is 0 Å². The molecule has 0 saturated carbocycles. The first-order valence-electron chi connectivity index (χ1n) is 5.27. The monoisotopic (exact) mass is 311 g/mol. The van der Waals surface area contributed by atoms with Gasteiger partial charge in [0.2, 0.25) is 0 Å². The van der Waals surface area contributed by atoms with Crippen LogP contribution in [0, 0.1) is 6.92 Å². The van der Waals surface area contributed by atoms with Crippen LogP contribution >= 0.6 is 27.7 Å². The minimum Gasteiger partial charge on any atom is -0.326 e. The Morgan fingerprint density at radius 1 is 1.47 bits per heavy atom. The predicted molar refractivity (Wildman–Crippen MR) is 74.1 cm³/mol. The number of benzene rings is 1. The van der Waals surface area contributed by atoms with E-state index >= 15 is 0 Å². The number of nitrogens with zero attached hydrogens (tertiary/aromatic N) is 2. The van der Waals surface area contributed by atoms with Crippen molar-refractivity contribution in [3.8, 4) is 0 Å². The Labute approximate surface area is 114 Å². The molecule has 1 heterocycles. The summed E-state index contributed by atoms with van der Waals surface area (Å²) >= 11 is 5.17. The van der Waals surface area contributed by atoms with Crippen molar-refractivity contribution in [3.63, 3.8) is 0 Å². The van der Waals surface area contributed by atoms with Crippen LogP contribution in [0.1, 0.15) is 11.3 Å². The first kappa shape index (κ1) is 12.7. The van der Waals surface area contributed by atoms with Crippen molar-refractivity contribution in [2.45, 2.75) is 23.4 Å². The van der Waals surface area contributed by atoms with Gasteiger partial charge in [0.05, 0.1) is 5.69 Å². The summed E-state index contributed by atoms with van der Waals surface area (Å²) in [4.78, 5) is 1.18. The maximum atomic E-state index is 5.77. The summed E-state index contributed by atoms with van der Waals surface area (Å²) in [6, 6.07) is 8.21. The van der Waals surface area contributed by atoms with Crippen molar-refractivity contribution in [1.29, 1.82) is 0 Å². The Bertz CT molecular complexity index is 537. The van der Waals surface area contributed by atoms with Gasteiger partial charge in [-0.15, -0.1) is 0 Å². The molecule has 0 bridgehead atoms. The normalized spacial score (nSPS) is 10.8. The van der Waals surface area contributed by atoms with Crippen LogP contribution in [-0.4, -0.2) is 9.78 Å². The quantitative estimate of drug-likeness (QED) is 0.947.